The Kier molecular flexibility index (Phi) is 21.8. The number of ether oxygens (including phenoxy) is 6. The van der Waals surface area contributed by atoms with Gasteiger partial charge in [0.25, 0.3) is 0 Å². The molecule has 0 aliphatic heterocycles. The maximum absolute atomic E-state index is 11.9. The summed E-state index contributed by atoms with van der Waals surface area (Å²) in [5, 5.41) is 0. The summed E-state index contributed by atoms with van der Waals surface area (Å²) >= 11 is 0. The first-order valence-corrected chi connectivity index (χ1v) is 10.4. The molecule has 0 saturated carbocycles. The van der Waals surface area contributed by atoms with Crippen molar-refractivity contribution in [3.05, 3.63) is 0 Å². The van der Waals surface area contributed by atoms with Crippen molar-refractivity contribution in [1.29, 1.82) is 0 Å². The van der Waals surface area contributed by atoms with Crippen LogP contribution in [0.15, 0.2) is 0 Å². The van der Waals surface area contributed by atoms with Crippen LogP contribution in [0.2, 0.25) is 0 Å². The van der Waals surface area contributed by atoms with E-state index in [9.17, 15) is 9.18 Å². The number of alkyl halides is 1. The number of carbonyl (C=O) groups excluding carboxylic acids is 1. The lowest BCUT2D eigenvalue weighted by Gasteiger charge is -2.13. The molecule has 0 spiro atoms. The molecular formula is C20H39FO7. The van der Waals surface area contributed by atoms with Crippen molar-refractivity contribution in [1.82, 2.24) is 0 Å². The lowest BCUT2D eigenvalue weighted by atomic mass is 10.00. The van der Waals surface area contributed by atoms with E-state index in [1.807, 2.05) is 6.92 Å². The van der Waals surface area contributed by atoms with Crippen LogP contribution >= 0.6 is 0 Å². The Labute approximate surface area is 169 Å². The standard InChI is InChI=1S/C20H39FO7/c1-3-5-6-19(4-2)20(22)28-18-17-27-16-15-26-14-13-25-12-11-24-10-9-23-8-7-21/h19H,3-18H2,1-2H3. The Morgan fingerprint density at radius 3 is 1.54 bits per heavy atom. The van der Waals surface area contributed by atoms with Gasteiger partial charge in [-0.3, -0.25) is 4.79 Å². The van der Waals surface area contributed by atoms with E-state index in [1.54, 1.807) is 0 Å². The summed E-state index contributed by atoms with van der Waals surface area (Å²) in [4.78, 5) is 11.9. The van der Waals surface area contributed by atoms with Gasteiger partial charge in [0.1, 0.15) is 13.3 Å². The highest BCUT2D eigenvalue weighted by atomic mass is 19.1. The van der Waals surface area contributed by atoms with Gasteiger partial charge in [0.15, 0.2) is 0 Å². The first-order valence-electron chi connectivity index (χ1n) is 10.4. The van der Waals surface area contributed by atoms with E-state index in [0.717, 1.165) is 25.7 Å². The van der Waals surface area contributed by atoms with Crippen LogP contribution in [-0.2, 0) is 33.2 Å². The molecule has 0 amide bonds. The summed E-state index contributed by atoms with van der Waals surface area (Å²) in [6.45, 7) is 8.08. The topological polar surface area (TPSA) is 72.5 Å². The Balaban J connectivity index is 3.24. The highest BCUT2D eigenvalue weighted by Gasteiger charge is 2.16. The zero-order valence-corrected chi connectivity index (χ0v) is 17.6. The van der Waals surface area contributed by atoms with Crippen molar-refractivity contribution >= 4 is 5.97 Å². The second-order valence-electron chi connectivity index (χ2n) is 6.17. The van der Waals surface area contributed by atoms with Gasteiger partial charge in [-0.2, -0.15) is 0 Å². The van der Waals surface area contributed by atoms with Crippen LogP contribution in [0.1, 0.15) is 39.5 Å². The van der Waals surface area contributed by atoms with Gasteiger partial charge in [-0.05, 0) is 12.8 Å². The SMILES string of the molecule is CCCCC(CC)C(=O)OCCOCCOCCOCCOCCOCCF. The van der Waals surface area contributed by atoms with Gasteiger partial charge in [-0.25, -0.2) is 4.39 Å². The molecule has 0 heterocycles. The highest BCUT2D eigenvalue weighted by Crippen LogP contribution is 2.14. The van der Waals surface area contributed by atoms with Crippen molar-refractivity contribution in [2.24, 2.45) is 5.92 Å². The Morgan fingerprint density at radius 1 is 0.714 bits per heavy atom. The molecule has 28 heavy (non-hydrogen) atoms. The summed E-state index contributed by atoms with van der Waals surface area (Å²) in [5.41, 5.74) is 0. The van der Waals surface area contributed by atoms with E-state index < -0.39 is 6.67 Å². The average molecular weight is 411 g/mol. The number of halogens is 1. The van der Waals surface area contributed by atoms with Crippen LogP contribution in [-0.4, -0.2) is 85.3 Å². The Bertz CT molecular complexity index is 332. The third kappa shape index (κ3) is 18.6. The zero-order chi connectivity index (χ0) is 20.7. The van der Waals surface area contributed by atoms with E-state index >= 15 is 0 Å². The van der Waals surface area contributed by atoms with E-state index in [1.165, 1.54) is 0 Å². The van der Waals surface area contributed by atoms with Crippen LogP contribution in [0, 0.1) is 5.92 Å². The van der Waals surface area contributed by atoms with Gasteiger partial charge in [0.2, 0.25) is 0 Å². The van der Waals surface area contributed by atoms with Gasteiger partial charge >= 0.3 is 5.97 Å². The van der Waals surface area contributed by atoms with Crippen LogP contribution in [0.4, 0.5) is 4.39 Å². The van der Waals surface area contributed by atoms with Crippen molar-refractivity contribution < 1.29 is 37.6 Å². The highest BCUT2D eigenvalue weighted by molar-refractivity contribution is 5.72. The molecule has 0 rings (SSSR count). The van der Waals surface area contributed by atoms with E-state index in [4.69, 9.17) is 28.4 Å². The molecule has 168 valence electrons. The number of hydrogen-bond acceptors (Lipinski definition) is 7. The molecule has 0 N–H and O–H groups in total. The summed E-state index contributed by atoms with van der Waals surface area (Å²) < 4.78 is 43.3. The predicted molar refractivity (Wildman–Crippen MR) is 104 cm³/mol. The van der Waals surface area contributed by atoms with E-state index in [0.29, 0.717) is 59.5 Å². The quantitative estimate of drug-likeness (QED) is 0.201. The normalized spacial score (nSPS) is 12.2. The summed E-state index contributed by atoms with van der Waals surface area (Å²) in [5.74, 6) is -0.118. The maximum Gasteiger partial charge on any atom is 0.308 e. The molecule has 0 aliphatic rings. The van der Waals surface area contributed by atoms with Crippen molar-refractivity contribution in [3.8, 4) is 0 Å². The first-order chi connectivity index (χ1) is 13.8. The summed E-state index contributed by atoms with van der Waals surface area (Å²) in [6.07, 6.45) is 3.85. The molecule has 0 bridgehead atoms. The molecular weight excluding hydrogens is 371 g/mol. The van der Waals surface area contributed by atoms with Crippen LogP contribution in [0.5, 0.6) is 0 Å². The molecule has 7 nitrogen and oxygen atoms in total. The van der Waals surface area contributed by atoms with Crippen molar-refractivity contribution in [2.75, 3.05) is 79.4 Å². The minimum Gasteiger partial charge on any atom is -0.463 e. The number of carbonyl (C=O) groups is 1. The molecule has 0 fully saturated rings. The third-order valence-corrected chi connectivity index (χ3v) is 3.91. The maximum atomic E-state index is 11.9. The molecule has 0 saturated heterocycles. The van der Waals surface area contributed by atoms with E-state index in [-0.39, 0.29) is 25.1 Å². The Hall–Kier alpha value is -0.800. The fourth-order valence-electron chi connectivity index (χ4n) is 2.29. The minimum absolute atomic E-state index is 0.00313. The summed E-state index contributed by atoms with van der Waals surface area (Å²) in [7, 11) is 0. The number of rotatable bonds is 22. The Morgan fingerprint density at radius 2 is 1.14 bits per heavy atom. The van der Waals surface area contributed by atoms with Gasteiger partial charge in [-0.15, -0.1) is 0 Å². The molecule has 0 aromatic heterocycles. The van der Waals surface area contributed by atoms with E-state index in [2.05, 4.69) is 6.92 Å². The predicted octanol–water partition coefficient (Wildman–Crippen LogP) is 2.80. The molecule has 0 aromatic carbocycles. The largest absolute Gasteiger partial charge is 0.463 e. The molecule has 8 heteroatoms. The minimum atomic E-state index is -0.472. The number of esters is 1. The summed E-state index contributed by atoms with van der Waals surface area (Å²) in [6, 6.07) is 0. The molecule has 0 aliphatic carbocycles. The van der Waals surface area contributed by atoms with Gasteiger partial charge in [0, 0.05) is 0 Å². The van der Waals surface area contributed by atoms with Crippen LogP contribution in [0.3, 0.4) is 0 Å². The zero-order valence-electron chi connectivity index (χ0n) is 17.6. The fourth-order valence-corrected chi connectivity index (χ4v) is 2.29. The molecule has 0 radical (unpaired) electrons. The van der Waals surface area contributed by atoms with Gasteiger partial charge in [0.05, 0.1) is 72.0 Å². The second kappa shape index (κ2) is 22.5. The van der Waals surface area contributed by atoms with Crippen molar-refractivity contribution in [2.45, 2.75) is 39.5 Å². The lowest BCUT2D eigenvalue weighted by Crippen LogP contribution is -2.20. The molecule has 1 atom stereocenters. The number of hydrogen-bond donors (Lipinski definition) is 0. The van der Waals surface area contributed by atoms with Crippen molar-refractivity contribution in [3.63, 3.8) is 0 Å². The van der Waals surface area contributed by atoms with Gasteiger partial charge < -0.3 is 28.4 Å². The fraction of sp³-hybridized carbons (Fsp3) is 0.950. The average Bonchev–Trinajstić information content (AvgIpc) is 2.70. The smallest absolute Gasteiger partial charge is 0.308 e. The lowest BCUT2D eigenvalue weighted by molar-refractivity contribution is -0.150. The number of unbranched alkanes of at least 4 members (excludes halogenated alkanes) is 1. The first kappa shape index (κ1) is 27.2. The molecule has 0 aromatic rings. The van der Waals surface area contributed by atoms with Crippen LogP contribution < -0.4 is 0 Å². The second-order valence-corrected chi connectivity index (χ2v) is 6.17. The third-order valence-electron chi connectivity index (χ3n) is 3.91. The monoisotopic (exact) mass is 410 g/mol. The van der Waals surface area contributed by atoms with Crippen LogP contribution in [0.25, 0.3) is 0 Å². The molecule has 1 unspecified atom stereocenters. The van der Waals surface area contributed by atoms with Gasteiger partial charge in [-0.1, -0.05) is 26.7 Å².